The first-order chi connectivity index (χ1) is 8.58. The van der Waals surface area contributed by atoms with E-state index in [-0.39, 0.29) is 0 Å². The molecule has 1 heterocycles. The molecule has 0 unspecified atom stereocenters. The highest BCUT2D eigenvalue weighted by atomic mass is 32.2. The molecule has 94 valence electrons. The van der Waals surface area contributed by atoms with Crippen LogP contribution in [-0.4, -0.2) is 31.4 Å². The molecule has 0 amide bonds. The van der Waals surface area contributed by atoms with E-state index >= 15 is 0 Å². The van der Waals surface area contributed by atoms with Crippen molar-refractivity contribution in [3.63, 3.8) is 0 Å². The van der Waals surface area contributed by atoms with E-state index in [1.807, 2.05) is 31.2 Å². The van der Waals surface area contributed by atoms with E-state index in [9.17, 15) is 9.90 Å². The van der Waals surface area contributed by atoms with E-state index in [1.165, 1.54) is 11.6 Å². The summed E-state index contributed by atoms with van der Waals surface area (Å²) in [5, 5.41) is 21.7. The maximum absolute atomic E-state index is 10.7. The van der Waals surface area contributed by atoms with Crippen LogP contribution in [0.3, 0.4) is 0 Å². The smallest absolute Gasteiger partial charge is 0.214 e. The number of hydrogen-bond donors (Lipinski definition) is 0. The van der Waals surface area contributed by atoms with Gasteiger partial charge in [0.1, 0.15) is 0 Å². The minimum Gasteiger partial charge on any atom is -0.549 e. The number of carbonyl (C=O) groups excluding carboxylic acids is 1. The average Bonchev–Trinajstić information content (AvgIpc) is 2.77. The molecule has 7 heteroatoms. The number of aryl methyl sites for hydroxylation is 1. The van der Waals surface area contributed by atoms with Gasteiger partial charge in [-0.3, -0.25) is 0 Å². The summed E-state index contributed by atoms with van der Waals surface area (Å²) in [7, 11) is 0. The number of aliphatic carboxylic acids is 1. The zero-order chi connectivity index (χ0) is 13.1. The Bertz CT molecular complexity index is 570. The maximum Gasteiger partial charge on any atom is 0.214 e. The third-order valence-corrected chi connectivity index (χ3v) is 3.31. The van der Waals surface area contributed by atoms with Gasteiger partial charge in [0.2, 0.25) is 5.16 Å². The third-order valence-electron chi connectivity index (χ3n) is 2.30. The number of carbonyl (C=O) groups is 1. The normalized spacial score (nSPS) is 12.3. The Morgan fingerprint density at radius 2 is 2.28 bits per heavy atom. The highest BCUT2D eigenvalue weighted by Gasteiger charge is 2.13. The van der Waals surface area contributed by atoms with Crippen LogP contribution < -0.4 is 5.11 Å². The molecular formula is C11H11N4O2S-. The number of benzene rings is 1. The summed E-state index contributed by atoms with van der Waals surface area (Å²) in [5.41, 5.74) is 1.87. The number of hydrogen-bond acceptors (Lipinski definition) is 6. The van der Waals surface area contributed by atoms with Crippen molar-refractivity contribution < 1.29 is 9.90 Å². The van der Waals surface area contributed by atoms with Gasteiger partial charge in [0.15, 0.2) is 0 Å². The minimum atomic E-state index is -1.14. The van der Waals surface area contributed by atoms with Crippen molar-refractivity contribution in [3.05, 3.63) is 29.8 Å². The highest BCUT2D eigenvalue weighted by molar-refractivity contribution is 8.00. The summed E-state index contributed by atoms with van der Waals surface area (Å²) in [5.74, 6) is -1.14. The molecule has 0 aliphatic rings. The van der Waals surface area contributed by atoms with Crippen LogP contribution in [0, 0.1) is 6.92 Å². The summed E-state index contributed by atoms with van der Waals surface area (Å²) in [6.45, 7) is 3.50. The van der Waals surface area contributed by atoms with Gasteiger partial charge in [-0.05, 0) is 42.0 Å². The van der Waals surface area contributed by atoms with Gasteiger partial charge < -0.3 is 9.90 Å². The lowest BCUT2D eigenvalue weighted by molar-refractivity contribution is -0.304. The van der Waals surface area contributed by atoms with E-state index in [0.29, 0.717) is 5.16 Å². The van der Waals surface area contributed by atoms with Gasteiger partial charge >= 0.3 is 0 Å². The molecule has 0 bridgehead atoms. The molecule has 0 spiro atoms. The van der Waals surface area contributed by atoms with Crippen LogP contribution >= 0.6 is 11.8 Å². The summed E-state index contributed by atoms with van der Waals surface area (Å²) in [4.78, 5) is 10.7. The fourth-order valence-electron chi connectivity index (χ4n) is 1.38. The van der Waals surface area contributed by atoms with Crippen molar-refractivity contribution in [2.75, 3.05) is 0 Å². The second-order valence-corrected chi connectivity index (χ2v) is 5.10. The second kappa shape index (κ2) is 5.18. The van der Waals surface area contributed by atoms with Crippen molar-refractivity contribution >= 4 is 17.7 Å². The zero-order valence-corrected chi connectivity index (χ0v) is 10.7. The Kier molecular flexibility index (Phi) is 3.61. The van der Waals surface area contributed by atoms with E-state index in [4.69, 9.17) is 0 Å². The number of rotatable bonds is 4. The molecule has 0 saturated carbocycles. The number of aromatic nitrogens is 4. The topological polar surface area (TPSA) is 83.7 Å². The van der Waals surface area contributed by atoms with Gasteiger partial charge in [-0.2, -0.15) is 4.68 Å². The lowest BCUT2D eigenvalue weighted by atomic mass is 10.2. The SMILES string of the molecule is Cc1cccc(-n2nnnc2S[C@H](C)C(=O)[O-])c1. The number of carboxylic acid groups (broad SMARTS) is 1. The Labute approximate surface area is 108 Å². The second-order valence-electron chi connectivity index (χ2n) is 3.79. The molecule has 2 aromatic rings. The van der Waals surface area contributed by atoms with E-state index < -0.39 is 11.2 Å². The Hall–Kier alpha value is -1.89. The lowest BCUT2D eigenvalue weighted by Gasteiger charge is -2.11. The van der Waals surface area contributed by atoms with Crippen molar-refractivity contribution in [3.8, 4) is 5.69 Å². The van der Waals surface area contributed by atoms with Gasteiger partial charge in [-0.1, -0.05) is 23.9 Å². The molecule has 6 nitrogen and oxygen atoms in total. The van der Waals surface area contributed by atoms with Crippen LogP contribution in [0.2, 0.25) is 0 Å². The highest BCUT2D eigenvalue weighted by Crippen LogP contribution is 2.22. The third kappa shape index (κ3) is 2.67. The van der Waals surface area contributed by atoms with Gasteiger partial charge in [-0.15, -0.1) is 5.10 Å². The minimum absolute atomic E-state index is 0.428. The van der Waals surface area contributed by atoms with Gasteiger partial charge in [0.25, 0.3) is 0 Å². The molecule has 0 saturated heterocycles. The molecule has 1 aromatic carbocycles. The molecule has 0 N–H and O–H groups in total. The molecular weight excluding hydrogens is 252 g/mol. The first-order valence-corrected chi connectivity index (χ1v) is 6.19. The lowest BCUT2D eigenvalue weighted by Crippen LogP contribution is -2.31. The Balaban J connectivity index is 2.30. The molecule has 18 heavy (non-hydrogen) atoms. The standard InChI is InChI=1S/C11H12N4O2S/c1-7-4-3-5-9(6-7)15-11(12-13-14-15)18-8(2)10(16)17/h3-6,8H,1-2H3,(H,16,17)/p-1/t8-/m1/s1. The summed E-state index contributed by atoms with van der Waals surface area (Å²) in [6, 6.07) is 7.63. The monoisotopic (exact) mass is 263 g/mol. The quantitative estimate of drug-likeness (QED) is 0.733. The maximum atomic E-state index is 10.7. The summed E-state index contributed by atoms with van der Waals surface area (Å²) >= 11 is 1.05. The summed E-state index contributed by atoms with van der Waals surface area (Å²) in [6.07, 6.45) is 0. The molecule has 1 aromatic heterocycles. The van der Waals surface area contributed by atoms with Crippen LogP contribution in [-0.2, 0) is 4.79 Å². The first kappa shape index (κ1) is 12.6. The average molecular weight is 263 g/mol. The van der Waals surface area contributed by atoms with Gasteiger partial charge in [0, 0.05) is 5.25 Å². The Morgan fingerprint density at radius 3 is 2.94 bits per heavy atom. The van der Waals surface area contributed by atoms with E-state index in [0.717, 1.165) is 23.0 Å². The first-order valence-electron chi connectivity index (χ1n) is 5.31. The molecule has 0 radical (unpaired) electrons. The van der Waals surface area contributed by atoms with Crippen LogP contribution in [0.1, 0.15) is 12.5 Å². The number of thioether (sulfide) groups is 1. The van der Waals surface area contributed by atoms with Gasteiger partial charge in [0.05, 0.1) is 11.7 Å². The zero-order valence-electron chi connectivity index (χ0n) is 9.90. The predicted molar refractivity (Wildman–Crippen MR) is 64.2 cm³/mol. The number of tetrazole rings is 1. The number of carboxylic acids is 1. The van der Waals surface area contributed by atoms with Crippen LogP contribution in [0.5, 0.6) is 0 Å². The van der Waals surface area contributed by atoms with Crippen molar-refractivity contribution in [2.24, 2.45) is 0 Å². The van der Waals surface area contributed by atoms with Crippen LogP contribution in [0.15, 0.2) is 29.4 Å². The van der Waals surface area contributed by atoms with E-state index in [2.05, 4.69) is 15.5 Å². The molecule has 0 aliphatic carbocycles. The van der Waals surface area contributed by atoms with Gasteiger partial charge in [-0.25, -0.2) is 0 Å². The Morgan fingerprint density at radius 1 is 1.50 bits per heavy atom. The van der Waals surface area contributed by atoms with Crippen LogP contribution in [0.25, 0.3) is 5.69 Å². The fourth-order valence-corrected chi connectivity index (χ4v) is 2.12. The van der Waals surface area contributed by atoms with E-state index in [1.54, 1.807) is 0 Å². The molecule has 1 atom stereocenters. The largest absolute Gasteiger partial charge is 0.549 e. The van der Waals surface area contributed by atoms with Crippen LogP contribution in [0.4, 0.5) is 0 Å². The molecule has 2 rings (SSSR count). The van der Waals surface area contributed by atoms with Crippen molar-refractivity contribution in [2.45, 2.75) is 24.3 Å². The summed E-state index contributed by atoms with van der Waals surface area (Å²) < 4.78 is 1.51. The van der Waals surface area contributed by atoms with Crippen molar-refractivity contribution in [1.29, 1.82) is 0 Å². The predicted octanol–water partition coefficient (Wildman–Crippen LogP) is 0.201. The molecule has 0 fully saturated rings. The fraction of sp³-hybridized carbons (Fsp3) is 0.273. The van der Waals surface area contributed by atoms with Crippen molar-refractivity contribution in [1.82, 2.24) is 20.2 Å². The molecule has 0 aliphatic heterocycles. The number of nitrogens with zero attached hydrogens (tertiary/aromatic N) is 4.